The largest absolute Gasteiger partial charge is 0.323 e. The first kappa shape index (κ1) is 33.1. The summed E-state index contributed by atoms with van der Waals surface area (Å²) in [6.45, 7) is 16.7. The number of rotatable bonds is 10. The minimum Gasteiger partial charge on any atom is -0.323 e. The molecule has 0 aliphatic carbocycles. The van der Waals surface area contributed by atoms with Crippen LogP contribution < -0.4 is 5.32 Å². The van der Waals surface area contributed by atoms with E-state index in [9.17, 15) is 0 Å². The van der Waals surface area contributed by atoms with E-state index in [1.54, 1.807) is 23.5 Å². The molecule has 216 valence electrons. The van der Waals surface area contributed by atoms with Gasteiger partial charge in [-0.25, -0.2) is 9.97 Å². The maximum atomic E-state index is 5.16. The van der Waals surface area contributed by atoms with E-state index in [-0.39, 0.29) is 0 Å². The van der Waals surface area contributed by atoms with Crippen molar-refractivity contribution in [3.8, 4) is 0 Å². The van der Waals surface area contributed by atoms with E-state index in [2.05, 4.69) is 76.9 Å². The van der Waals surface area contributed by atoms with Crippen molar-refractivity contribution in [3.63, 3.8) is 0 Å². The Kier molecular flexibility index (Phi) is 14.9. The molecule has 0 saturated carbocycles. The summed E-state index contributed by atoms with van der Waals surface area (Å²) < 4.78 is 0. The van der Waals surface area contributed by atoms with Crippen molar-refractivity contribution in [1.82, 2.24) is 30.0 Å². The maximum absolute atomic E-state index is 5.16. The van der Waals surface area contributed by atoms with E-state index in [0.717, 1.165) is 72.8 Å². The lowest BCUT2D eigenvalue weighted by molar-refractivity contribution is 0.192. The molecule has 1 aromatic carbocycles. The fourth-order valence-corrected chi connectivity index (χ4v) is 5.61. The predicted molar refractivity (Wildman–Crippen MR) is 170 cm³/mol. The van der Waals surface area contributed by atoms with Gasteiger partial charge in [0.05, 0.1) is 5.69 Å². The number of likely N-dealkylation sites (tertiary alicyclic amines) is 1. The number of aromatic nitrogens is 4. The van der Waals surface area contributed by atoms with Gasteiger partial charge in [-0.1, -0.05) is 34.6 Å². The molecule has 0 spiro atoms. The van der Waals surface area contributed by atoms with Crippen LogP contribution in [0.25, 0.3) is 0 Å². The molecule has 2 N–H and O–H groups in total. The molecule has 3 aromatic rings. The van der Waals surface area contributed by atoms with Crippen LogP contribution in [0.1, 0.15) is 70.3 Å². The maximum Gasteiger partial charge on any atom is 0.194 e. The van der Waals surface area contributed by atoms with Crippen LogP contribution in [0.15, 0.2) is 45.3 Å². The number of nitrogens with zero attached hydrogens (tertiary/aromatic N) is 5. The fraction of sp³-hybridized carbons (Fsp3) is 0.567. The Bertz CT molecular complexity index is 1090. The number of H-pyrrole nitrogens is 1. The van der Waals surface area contributed by atoms with Crippen LogP contribution in [0.5, 0.6) is 0 Å². The number of anilines is 2. The Labute approximate surface area is 245 Å². The minimum atomic E-state index is 0.447. The standard InChI is InChI=1S/C26H37N7S2.2C2H6/c1-6-22-24(19-11-13-33(14-12-19)16-15-32(3)4)28-26(35-21-9-7-20(34-5)8-10-21)29-25(22)27-23-17-18(2)30-31-23;2*1-2/h7-10,17,19H,6,11-16H2,1-5H3,(H2,27,28,29,30,31);2*1-2H3. The number of aryl methyl sites for hydroxylation is 1. The van der Waals surface area contributed by atoms with E-state index in [1.807, 2.05) is 40.7 Å². The summed E-state index contributed by atoms with van der Waals surface area (Å²) in [6, 6.07) is 10.6. The average molecular weight is 572 g/mol. The van der Waals surface area contributed by atoms with E-state index in [4.69, 9.17) is 9.97 Å². The molecular weight excluding hydrogens is 523 g/mol. The summed E-state index contributed by atoms with van der Waals surface area (Å²) in [7, 11) is 4.29. The highest BCUT2D eigenvalue weighted by molar-refractivity contribution is 7.99. The molecule has 1 fully saturated rings. The van der Waals surface area contributed by atoms with Crippen molar-refractivity contribution < 1.29 is 0 Å². The van der Waals surface area contributed by atoms with Gasteiger partial charge in [-0.2, -0.15) is 5.10 Å². The molecule has 4 rings (SSSR count). The number of thioether (sulfide) groups is 1. The third-order valence-corrected chi connectivity index (χ3v) is 8.05. The summed E-state index contributed by atoms with van der Waals surface area (Å²) in [5.74, 6) is 2.12. The molecule has 7 nitrogen and oxygen atoms in total. The van der Waals surface area contributed by atoms with Crippen LogP contribution in [-0.2, 0) is 6.42 Å². The van der Waals surface area contributed by atoms with Crippen molar-refractivity contribution in [2.24, 2.45) is 0 Å². The first-order chi connectivity index (χ1) is 18.9. The second kappa shape index (κ2) is 17.6. The number of hydrogen-bond donors (Lipinski definition) is 2. The van der Waals surface area contributed by atoms with Crippen molar-refractivity contribution >= 4 is 35.2 Å². The quantitative estimate of drug-likeness (QED) is 0.192. The lowest BCUT2D eigenvalue weighted by atomic mass is 9.90. The summed E-state index contributed by atoms with van der Waals surface area (Å²) in [5, 5.41) is 11.7. The van der Waals surface area contributed by atoms with Crippen molar-refractivity contribution in [2.75, 3.05) is 51.8 Å². The Balaban J connectivity index is 0.00000127. The number of likely N-dealkylation sites (N-methyl/N-ethyl adjacent to an activating group) is 1. The molecule has 0 radical (unpaired) electrons. The normalized spacial score (nSPS) is 13.9. The van der Waals surface area contributed by atoms with Gasteiger partial charge in [0.2, 0.25) is 0 Å². The van der Waals surface area contributed by atoms with E-state index < -0.39 is 0 Å². The van der Waals surface area contributed by atoms with Crippen LogP contribution in [0.4, 0.5) is 11.6 Å². The molecule has 2 aromatic heterocycles. The van der Waals surface area contributed by atoms with Gasteiger partial charge in [0.15, 0.2) is 11.0 Å². The molecule has 9 heteroatoms. The van der Waals surface area contributed by atoms with Gasteiger partial charge in [0.1, 0.15) is 5.82 Å². The number of hydrogen-bond acceptors (Lipinski definition) is 8. The van der Waals surface area contributed by atoms with Gasteiger partial charge in [0, 0.05) is 46.1 Å². The molecule has 0 amide bonds. The van der Waals surface area contributed by atoms with E-state index >= 15 is 0 Å². The van der Waals surface area contributed by atoms with Crippen molar-refractivity contribution in [2.45, 2.75) is 81.7 Å². The Morgan fingerprint density at radius 1 is 1.03 bits per heavy atom. The zero-order valence-electron chi connectivity index (χ0n) is 25.5. The SMILES string of the molecule is CC.CC.CCc1c(Nc2cc(C)[nH]n2)nc(Sc2ccc(SC)cc2)nc1C1CCN(CCN(C)C)CC1. The van der Waals surface area contributed by atoms with Gasteiger partial charge in [-0.15, -0.1) is 11.8 Å². The lowest BCUT2D eigenvalue weighted by Gasteiger charge is -2.33. The highest BCUT2D eigenvalue weighted by atomic mass is 32.2. The second-order valence-electron chi connectivity index (χ2n) is 9.33. The van der Waals surface area contributed by atoms with Crippen LogP contribution in [-0.4, -0.2) is 76.5 Å². The van der Waals surface area contributed by atoms with Gasteiger partial charge < -0.3 is 15.1 Å². The Morgan fingerprint density at radius 3 is 2.21 bits per heavy atom. The molecule has 1 aliphatic rings. The zero-order valence-corrected chi connectivity index (χ0v) is 27.1. The smallest absolute Gasteiger partial charge is 0.194 e. The van der Waals surface area contributed by atoms with Crippen LogP contribution in [0, 0.1) is 6.92 Å². The highest BCUT2D eigenvalue weighted by Crippen LogP contribution is 2.36. The minimum absolute atomic E-state index is 0.447. The molecule has 0 atom stereocenters. The molecule has 3 heterocycles. The van der Waals surface area contributed by atoms with Crippen LogP contribution in [0.3, 0.4) is 0 Å². The molecule has 39 heavy (non-hydrogen) atoms. The van der Waals surface area contributed by atoms with Crippen molar-refractivity contribution in [1.29, 1.82) is 0 Å². The molecule has 0 unspecified atom stereocenters. The number of benzene rings is 1. The van der Waals surface area contributed by atoms with Crippen LogP contribution >= 0.6 is 23.5 Å². The molecular formula is C30H49N7S2. The third kappa shape index (κ3) is 10.1. The molecule has 0 bridgehead atoms. The number of piperidine rings is 1. The van der Waals surface area contributed by atoms with Gasteiger partial charge in [-0.05, 0) is 95.7 Å². The topological polar surface area (TPSA) is 73.0 Å². The first-order valence-corrected chi connectivity index (χ1v) is 16.4. The van der Waals surface area contributed by atoms with E-state index in [1.165, 1.54) is 16.2 Å². The van der Waals surface area contributed by atoms with Crippen molar-refractivity contribution in [3.05, 3.63) is 47.3 Å². The van der Waals surface area contributed by atoms with Gasteiger partial charge in [-0.3, -0.25) is 5.10 Å². The summed E-state index contributed by atoms with van der Waals surface area (Å²) in [6.07, 6.45) is 5.24. The monoisotopic (exact) mass is 571 g/mol. The third-order valence-electron chi connectivity index (χ3n) is 6.43. The molecule has 1 aliphatic heterocycles. The zero-order chi connectivity index (χ0) is 28.8. The van der Waals surface area contributed by atoms with Gasteiger partial charge in [0.25, 0.3) is 0 Å². The first-order valence-electron chi connectivity index (χ1n) is 14.3. The summed E-state index contributed by atoms with van der Waals surface area (Å²) in [4.78, 5) is 17.4. The summed E-state index contributed by atoms with van der Waals surface area (Å²) in [5.41, 5.74) is 3.43. The highest BCUT2D eigenvalue weighted by Gasteiger charge is 2.26. The Hall–Kier alpha value is -2.07. The van der Waals surface area contributed by atoms with Gasteiger partial charge >= 0.3 is 0 Å². The summed E-state index contributed by atoms with van der Waals surface area (Å²) >= 11 is 3.38. The number of aromatic amines is 1. The fourth-order valence-electron chi connectivity index (χ4n) is 4.44. The predicted octanol–water partition coefficient (Wildman–Crippen LogP) is 7.48. The average Bonchev–Trinajstić information content (AvgIpc) is 3.38. The number of nitrogens with one attached hydrogen (secondary N) is 2. The van der Waals surface area contributed by atoms with E-state index in [0.29, 0.717) is 5.92 Å². The van der Waals surface area contributed by atoms with Crippen LogP contribution in [0.2, 0.25) is 0 Å². The lowest BCUT2D eigenvalue weighted by Crippen LogP contribution is -2.37. The second-order valence-corrected chi connectivity index (χ2v) is 11.3. The Morgan fingerprint density at radius 2 is 1.67 bits per heavy atom. The molecule has 1 saturated heterocycles.